The molecule has 4 rings (SSSR count). The minimum Gasteiger partial charge on any atom is -0.497 e. The van der Waals surface area contributed by atoms with Crippen molar-refractivity contribution in [1.82, 2.24) is 9.55 Å². The summed E-state index contributed by atoms with van der Waals surface area (Å²) in [7, 11) is 1.67. The fourth-order valence-electron chi connectivity index (χ4n) is 3.72. The second-order valence-corrected chi connectivity index (χ2v) is 7.50. The molecule has 4 nitrogen and oxygen atoms in total. The molecule has 4 aromatic rings. The van der Waals surface area contributed by atoms with Crippen molar-refractivity contribution >= 4 is 11.0 Å². The maximum absolute atomic E-state index is 5.87. The van der Waals surface area contributed by atoms with Crippen LogP contribution >= 0.6 is 0 Å². The van der Waals surface area contributed by atoms with Crippen LogP contribution in [0.5, 0.6) is 11.5 Å². The van der Waals surface area contributed by atoms with Crippen LogP contribution in [0, 0.1) is 6.92 Å². The van der Waals surface area contributed by atoms with Gasteiger partial charge in [0.05, 0.1) is 24.8 Å². The lowest BCUT2D eigenvalue weighted by Gasteiger charge is -2.11. The van der Waals surface area contributed by atoms with Gasteiger partial charge in [-0.15, -0.1) is 0 Å². The zero-order chi connectivity index (χ0) is 20.8. The Labute approximate surface area is 178 Å². The number of fused-ring (bicyclic) bond motifs is 1. The average Bonchev–Trinajstić information content (AvgIpc) is 3.12. The molecule has 0 unspecified atom stereocenters. The van der Waals surface area contributed by atoms with E-state index >= 15 is 0 Å². The lowest BCUT2D eigenvalue weighted by atomic mass is 10.1. The van der Waals surface area contributed by atoms with E-state index in [4.69, 9.17) is 14.5 Å². The van der Waals surface area contributed by atoms with Crippen molar-refractivity contribution in [3.8, 4) is 11.5 Å². The Morgan fingerprint density at radius 1 is 0.833 bits per heavy atom. The van der Waals surface area contributed by atoms with Gasteiger partial charge in [0.2, 0.25) is 0 Å². The summed E-state index contributed by atoms with van der Waals surface area (Å²) < 4.78 is 13.4. The maximum atomic E-state index is 5.87. The van der Waals surface area contributed by atoms with Gasteiger partial charge in [-0.2, -0.15) is 0 Å². The summed E-state index contributed by atoms with van der Waals surface area (Å²) in [5.41, 5.74) is 4.91. The van der Waals surface area contributed by atoms with Gasteiger partial charge >= 0.3 is 0 Å². The van der Waals surface area contributed by atoms with Gasteiger partial charge in [-0.3, -0.25) is 0 Å². The molecule has 0 bridgehead atoms. The Morgan fingerprint density at radius 3 is 2.37 bits per heavy atom. The molecule has 0 N–H and O–H groups in total. The Morgan fingerprint density at radius 2 is 1.57 bits per heavy atom. The number of rotatable bonds is 9. The van der Waals surface area contributed by atoms with Crippen LogP contribution in [0.2, 0.25) is 0 Å². The molecule has 0 aliphatic heterocycles. The van der Waals surface area contributed by atoms with E-state index in [0.717, 1.165) is 48.6 Å². The third kappa shape index (κ3) is 4.65. The molecule has 0 amide bonds. The number of para-hydroxylation sites is 2. The molecule has 1 aromatic heterocycles. The quantitative estimate of drug-likeness (QED) is 0.333. The van der Waals surface area contributed by atoms with Crippen LogP contribution < -0.4 is 9.47 Å². The van der Waals surface area contributed by atoms with Crippen LogP contribution in [0.3, 0.4) is 0 Å². The number of imidazole rings is 1. The highest BCUT2D eigenvalue weighted by atomic mass is 16.5. The van der Waals surface area contributed by atoms with Crippen molar-refractivity contribution in [2.75, 3.05) is 13.7 Å². The van der Waals surface area contributed by atoms with E-state index in [0.29, 0.717) is 6.61 Å². The molecule has 0 saturated carbocycles. The van der Waals surface area contributed by atoms with Crippen LogP contribution in [0.25, 0.3) is 11.0 Å². The summed E-state index contributed by atoms with van der Waals surface area (Å²) in [4.78, 5) is 4.93. The Kier molecular flexibility index (Phi) is 6.33. The van der Waals surface area contributed by atoms with Crippen molar-refractivity contribution < 1.29 is 9.47 Å². The van der Waals surface area contributed by atoms with Crippen LogP contribution in [-0.4, -0.2) is 23.3 Å². The Bertz CT molecular complexity index is 1100. The normalized spacial score (nSPS) is 11.0. The number of methoxy groups -OCH3 is 1. The molecule has 154 valence electrons. The van der Waals surface area contributed by atoms with Gasteiger partial charge in [-0.05, 0) is 67.3 Å². The minimum atomic E-state index is 0.700. The third-order valence-corrected chi connectivity index (χ3v) is 5.45. The van der Waals surface area contributed by atoms with Gasteiger partial charge in [0.25, 0.3) is 0 Å². The maximum Gasteiger partial charge on any atom is 0.119 e. The lowest BCUT2D eigenvalue weighted by molar-refractivity contribution is 0.302. The smallest absolute Gasteiger partial charge is 0.119 e. The largest absolute Gasteiger partial charge is 0.497 e. The molecule has 3 aromatic carbocycles. The van der Waals surface area contributed by atoms with Gasteiger partial charge in [-0.25, -0.2) is 4.98 Å². The summed E-state index contributed by atoms with van der Waals surface area (Å²) in [6, 6.07) is 24.7. The zero-order valence-corrected chi connectivity index (χ0v) is 17.7. The van der Waals surface area contributed by atoms with Gasteiger partial charge < -0.3 is 14.0 Å². The molecule has 1 heterocycles. The number of aryl methyl sites for hydroxylation is 2. The van der Waals surface area contributed by atoms with Gasteiger partial charge in [-0.1, -0.05) is 36.4 Å². The van der Waals surface area contributed by atoms with E-state index in [9.17, 15) is 0 Å². The van der Waals surface area contributed by atoms with Crippen molar-refractivity contribution in [3.05, 3.63) is 89.7 Å². The monoisotopic (exact) mass is 400 g/mol. The minimum absolute atomic E-state index is 0.700. The van der Waals surface area contributed by atoms with E-state index in [1.807, 2.05) is 24.3 Å². The topological polar surface area (TPSA) is 36.3 Å². The summed E-state index contributed by atoms with van der Waals surface area (Å²) in [6.45, 7) is 3.80. The zero-order valence-electron chi connectivity index (χ0n) is 17.7. The van der Waals surface area contributed by atoms with Crippen molar-refractivity contribution in [2.24, 2.45) is 0 Å². The van der Waals surface area contributed by atoms with E-state index in [-0.39, 0.29) is 0 Å². The average molecular weight is 401 g/mol. The summed E-state index contributed by atoms with van der Waals surface area (Å²) in [5, 5.41) is 0. The van der Waals surface area contributed by atoms with Crippen LogP contribution in [-0.2, 0) is 13.0 Å². The molecule has 30 heavy (non-hydrogen) atoms. The third-order valence-electron chi connectivity index (χ3n) is 5.45. The highest BCUT2D eigenvalue weighted by Crippen LogP contribution is 2.21. The van der Waals surface area contributed by atoms with E-state index < -0.39 is 0 Å². The first-order valence-corrected chi connectivity index (χ1v) is 10.5. The number of nitrogens with zero attached hydrogens (tertiary/aromatic N) is 2. The predicted molar refractivity (Wildman–Crippen MR) is 121 cm³/mol. The molecular formula is C26H28N2O2. The number of hydrogen-bond donors (Lipinski definition) is 0. The van der Waals surface area contributed by atoms with E-state index in [1.165, 1.54) is 16.6 Å². The molecule has 4 heteroatoms. The van der Waals surface area contributed by atoms with E-state index in [2.05, 4.69) is 60.0 Å². The number of hydrogen-bond acceptors (Lipinski definition) is 3. The van der Waals surface area contributed by atoms with E-state index in [1.54, 1.807) is 7.11 Å². The fraction of sp³-hybridized carbons (Fsp3) is 0.269. The number of unbranched alkanes of at least 4 members (excludes halogenated alkanes) is 1. The standard InChI is InChI=1S/C26H28N2O2/c1-20-9-3-4-10-21(20)19-26-27-24-11-5-6-12-25(24)28(26)17-7-8-18-30-23-15-13-22(29-2)14-16-23/h3-6,9-16H,7-8,17-19H2,1-2H3. The van der Waals surface area contributed by atoms with Gasteiger partial charge in [0.1, 0.15) is 17.3 Å². The van der Waals surface area contributed by atoms with Crippen LogP contribution in [0.1, 0.15) is 29.8 Å². The highest BCUT2D eigenvalue weighted by Gasteiger charge is 2.11. The highest BCUT2D eigenvalue weighted by molar-refractivity contribution is 5.76. The van der Waals surface area contributed by atoms with Gasteiger partial charge in [0.15, 0.2) is 0 Å². The molecule has 0 fully saturated rings. The molecule has 0 aliphatic carbocycles. The summed E-state index contributed by atoms with van der Waals surface area (Å²) in [6.07, 6.45) is 2.88. The van der Waals surface area contributed by atoms with Crippen LogP contribution in [0.15, 0.2) is 72.8 Å². The molecular weight excluding hydrogens is 372 g/mol. The number of ether oxygens (including phenoxy) is 2. The number of aromatic nitrogens is 2. The molecule has 0 radical (unpaired) electrons. The second-order valence-electron chi connectivity index (χ2n) is 7.50. The molecule has 0 spiro atoms. The van der Waals surface area contributed by atoms with Crippen molar-refractivity contribution in [2.45, 2.75) is 32.7 Å². The summed E-state index contributed by atoms with van der Waals surface area (Å²) >= 11 is 0. The Balaban J connectivity index is 1.40. The predicted octanol–water partition coefficient (Wildman–Crippen LogP) is 5.80. The first kappa shape index (κ1) is 20.0. The first-order chi connectivity index (χ1) is 14.7. The lowest BCUT2D eigenvalue weighted by Crippen LogP contribution is -2.07. The second kappa shape index (κ2) is 9.49. The van der Waals surface area contributed by atoms with Crippen LogP contribution in [0.4, 0.5) is 0 Å². The fourth-order valence-corrected chi connectivity index (χ4v) is 3.72. The SMILES string of the molecule is COc1ccc(OCCCCn2c(Cc3ccccc3C)nc3ccccc32)cc1. The first-order valence-electron chi connectivity index (χ1n) is 10.5. The van der Waals surface area contributed by atoms with Gasteiger partial charge in [0, 0.05) is 13.0 Å². The van der Waals surface area contributed by atoms with Crippen molar-refractivity contribution in [1.29, 1.82) is 0 Å². The Hall–Kier alpha value is -3.27. The summed E-state index contributed by atoms with van der Waals surface area (Å²) in [5.74, 6) is 2.85. The molecule has 0 aliphatic rings. The number of benzene rings is 3. The molecule has 0 saturated heterocycles. The van der Waals surface area contributed by atoms with Crippen molar-refractivity contribution in [3.63, 3.8) is 0 Å². The molecule has 0 atom stereocenters.